The van der Waals surface area contributed by atoms with Crippen molar-refractivity contribution in [1.29, 1.82) is 0 Å². The van der Waals surface area contributed by atoms with Crippen LogP contribution in [0.25, 0.3) is 11.5 Å². The number of nitrogens with one attached hydrogen (secondary N) is 1. The highest BCUT2D eigenvalue weighted by Crippen LogP contribution is 2.19. The zero-order chi connectivity index (χ0) is 15.5. The molecule has 1 amide bonds. The van der Waals surface area contributed by atoms with E-state index in [1.165, 1.54) is 42.5 Å². The van der Waals surface area contributed by atoms with E-state index in [1.807, 2.05) is 0 Å². The number of carbonyl (C=O) groups excluding carboxylic acids is 1. The van der Waals surface area contributed by atoms with Crippen LogP contribution in [-0.4, -0.2) is 16.1 Å². The third-order valence-corrected chi connectivity index (χ3v) is 2.83. The molecule has 2 aromatic carbocycles. The first kappa shape index (κ1) is 13.9. The quantitative estimate of drug-likeness (QED) is 0.806. The Morgan fingerprint density at radius 1 is 1.00 bits per heavy atom. The van der Waals surface area contributed by atoms with Gasteiger partial charge >= 0.3 is 11.8 Å². The van der Waals surface area contributed by atoms with Crippen LogP contribution < -0.4 is 5.32 Å². The number of halogens is 2. The fourth-order valence-electron chi connectivity index (χ4n) is 1.76. The summed E-state index contributed by atoms with van der Waals surface area (Å²) in [6.45, 7) is 0. The normalized spacial score (nSPS) is 10.5. The van der Waals surface area contributed by atoms with Gasteiger partial charge in [0.15, 0.2) is 0 Å². The highest BCUT2D eigenvalue weighted by molar-refractivity contribution is 6.01. The molecular formula is C15H9F2N3O2. The number of hydrogen-bond donors (Lipinski definition) is 1. The van der Waals surface area contributed by atoms with Crippen molar-refractivity contribution in [2.75, 3.05) is 5.32 Å². The fraction of sp³-hybridized carbons (Fsp3) is 0. The molecule has 0 spiro atoms. The maximum absolute atomic E-state index is 13.5. The lowest BCUT2D eigenvalue weighted by atomic mass is 10.2. The Labute approximate surface area is 123 Å². The van der Waals surface area contributed by atoms with Gasteiger partial charge in [-0.2, -0.15) is 0 Å². The molecule has 110 valence electrons. The number of hydrogen-bond acceptors (Lipinski definition) is 4. The molecule has 0 saturated heterocycles. The van der Waals surface area contributed by atoms with Gasteiger partial charge in [-0.3, -0.25) is 4.79 Å². The fourth-order valence-corrected chi connectivity index (χ4v) is 1.76. The lowest BCUT2D eigenvalue weighted by molar-refractivity contribution is 0.0990. The van der Waals surface area contributed by atoms with E-state index in [0.717, 1.165) is 0 Å². The minimum atomic E-state index is -0.731. The summed E-state index contributed by atoms with van der Waals surface area (Å²) < 4.78 is 31.5. The smallest absolute Gasteiger partial charge is 0.313 e. The van der Waals surface area contributed by atoms with Crippen LogP contribution in [0.1, 0.15) is 10.7 Å². The van der Waals surface area contributed by atoms with Gasteiger partial charge in [-0.25, -0.2) is 8.78 Å². The molecule has 0 aliphatic rings. The Kier molecular flexibility index (Phi) is 3.61. The van der Waals surface area contributed by atoms with Crippen molar-refractivity contribution in [2.24, 2.45) is 0 Å². The Morgan fingerprint density at radius 2 is 1.73 bits per heavy atom. The molecule has 1 aromatic heterocycles. The van der Waals surface area contributed by atoms with Gasteiger partial charge in [-0.15, -0.1) is 10.2 Å². The minimum absolute atomic E-state index is 0.00836. The maximum Gasteiger partial charge on any atom is 0.313 e. The molecule has 0 saturated carbocycles. The second-order valence-corrected chi connectivity index (χ2v) is 4.35. The van der Waals surface area contributed by atoms with Crippen LogP contribution in [-0.2, 0) is 0 Å². The monoisotopic (exact) mass is 301 g/mol. The van der Waals surface area contributed by atoms with Gasteiger partial charge in [0, 0.05) is 5.56 Å². The SMILES string of the molecule is O=C(Nc1ccccc1F)c1nnc(-c2ccc(F)cc2)o1. The first-order valence-electron chi connectivity index (χ1n) is 6.29. The highest BCUT2D eigenvalue weighted by atomic mass is 19.1. The van der Waals surface area contributed by atoms with Gasteiger partial charge < -0.3 is 9.73 Å². The molecule has 0 radical (unpaired) electrons. The number of anilines is 1. The molecule has 5 nitrogen and oxygen atoms in total. The Bertz CT molecular complexity index is 816. The van der Waals surface area contributed by atoms with Gasteiger partial charge in [0.25, 0.3) is 0 Å². The van der Waals surface area contributed by atoms with E-state index in [0.29, 0.717) is 5.56 Å². The Hall–Kier alpha value is -3.09. The molecule has 1 heterocycles. The number of carbonyl (C=O) groups is 1. The molecule has 0 atom stereocenters. The second-order valence-electron chi connectivity index (χ2n) is 4.35. The van der Waals surface area contributed by atoms with Crippen molar-refractivity contribution in [3.8, 4) is 11.5 Å². The van der Waals surface area contributed by atoms with E-state index in [2.05, 4.69) is 15.5 Å². The second kappa shape index (κ2) is 5.72. The summed E-state index contributed by atoms with van der Waals surface area (Å²) in [6, 6.07) is 11.1. The van der Waals surface area contributed by atoms with Crippen LogP contribution in [0.3, 0.4) is 0 Å². The zero-order valence-electron chi connectivity index (χ0n) is 11.1. The average molecular weight is 301 g/mol. The summed E-state index contributed by atoms with van der Waals surface area (Å²) in [4.78, 5) is 11.9. The van der Waals surface area contributed by atoms with Crippen LogP contribution in [0, 0.1) is 11.6 Å². The standard InChI is InChI=1S/C15H9F2N3O2/c16-10-7-5-9(6-8-10)14-19-20-15(22-14)13(21)18-12-4-2-1-3-11(12)17/h1-8H,(H,18,21). The molecule has 22 heavy (non-hydrogen) atoms. The van der Waals surface area contributed by atoms with E-state index >= 15 is 0 Å². The molecule has 3 aromatic rings. The Morgan fingerprint density at radius 3 is 2.45 bits per heavy atom. The van der Waals surface area contributed by atoms with Crippen LogP contribution in [0.15, 0.2) is 52.9 Å². The lowest BCUT2D eigenvalue weighted by Gasteiger charge is -2.02. The molecule has 0 aliphatic heterocycles. The van der Waals surface area contributed by atoms with Crippen molar-refractivity contribution in [1.82, 2.24) is 10.2 Å². The maximum atomic E-state index is 13.5. The molecule has 1 N–H and O–H groups in total. The number of benzene rings is 2. The van der Waals surface area contributed by atoms with Crippen molar-refractivity contribution >= 4 is 11.6 Å². The summed E-state index contributed by atoms with van der Waals surface area (Å²) in [6.07, 6.45) is 0. The summed E-state index contributed by atoms with van der Waals surface area (Å²) in [7, 11) is 0. The van der Waals surface area contributed by atoms with Gasteiger partial charge in [-0.1, -0.05) is 12.1 Å². The van der Waals surface area contributed by atoms with E-state index in [9.17, 15) is 13.6 Å². The first-order chi connectivity index (χ1) is 10.6. The molecular weight excluding hydrogens is 292 g/mol. The average Bonchev–Trinajstić information content (AvgIpc) is 3.00. The molecule has 7 heteroatoms. The highest BCUT2D eigenvalue weighted by Gasteiger charge is 2.17. The molecule has 3 rings (SSSR count). The third-order valence-electron chi connectivity index (χ3n) is 2.83. The van der Waals surface area contributed by atoms with Crippen LogP contribution in [0.4, 0.5) is 14.5 Å². The Balaban J connectivity index is 1.80. The summed E-state index contributed by atoms with van der Waals surface area (Å²) >= 11 is 0. The molecule has 0 unspecified atom stereocenters. The molecule has 0 fully saturated rings. The topological polar surface area (TPSA) is 68.0 Å². The van der Waals surface area contributed by atoms with Crippen LogP contribution >= 0.6 is 0 Å². The molecule has 0 bridgehead atoms. The van der Waals surface area contributed by atoms with E-state index < -0.39 is 17.5 Å². The van der Waals surface area contributed by atoms with Gasteiger partial charge in [0.05, 0.1) is 5.69 Å². The van der Waals surface area contributed by atoms with Crippen molar-refractivity contribution in [3.05, 3.63) is 66.1 Å². The number of rotatable bonds is 3. The minimum Gasteiger partial charge on any atom is -0.412 e. The van der Waals surface area contributed by atoms with Gasteiger partial charge in [0.2, 0.25) is 5.89 Å². The van der Waals surface area contributed by atoms with Crippen molar-refractivity contribution < 1.29 is 18.0 Å². The van der Waals surface area contributed by atoms with Crippen LogP contribution in [0.5, 0.6) is 0 Å². The van der Waals surface area contributed by atoms with E-state index in [-0.39, 0.29) is 17.5 Å². The summed E-state index contributed by atoms with van der Waals surface area (Å²) in [5.74, 6) is -1.96. The first-order valence-corrected chi connectivity index (χ1v) is 6.29. The van der Waals surface area contributed by atoms with Crippen molar-refractivity contribution in [3.63, 3.8) is 0 Å². The number of amides is 1. The van der Waals surface area contributed by atoms with E-state index in [4.69, 9.17) is 4.42 Å². The summed E-state index contributed by atoms with van der Waals surface area (Å²) in [5, 5.41) is 9.63. The summed E-state index contributed by atoms with van der Waals surface area (Å²) in [5.41, 5.74) is 0.480. The van der Waals surface area contributed by atoms with Gasteiger partial charge in [0.1, 0.15) is 11.6 Å². The lowest BCUT2D eigenvalue weighted by Crippen LogP contribution is -2.13. The predicted octanol–water partition coefficient (Wildman–Crippen LogP) is 3.27. The van der Waals surface area contributed by atoms with Crippen LogP contribution in [0.2, 0.25) is 0 Å². The predicted molar refractivity (Wildman–Crippen MR) is 74.0 cm³/mol. The largest absolute Gasteiger partial charge is 0.412 e. The van der Waals surface area contributed by atoms with Crippen molar-refractivity contribution in [2.45, 2.75) is 0 Å². The third kappa shape index (κ3) is 2.83. The zero-order valence-corrected chi connectivity index (χ0v) is 11.1. The van der Waals surface area contributed by atoms with E-state index in [1.54, 1.807) is 6.07 Å². The number of aromatic nitrogens is 2. The number of para-hydroxylation sites is 1. The molecule has 0 aliphatic carbocycles. The number of nitrogens with zero attached hydrogens (tertiary/aromatic N) is 2. The van der Waals surface area contributed by atoms with Gasteiger partial charge in [-0.05, 0) is 36.4 Å².